The Morgan fingerprint density at radius 1 is 0.804 bits per heavy atom. The van der Waals surface area contributed by atoms with Gasteiger partial charge in [0, 0.05) is 6.42 Å². The van der Waals surface area contributed by atoms with E-state index in [1.807, 2.05) is 13.8 Å². The van der Waals surface area contributed by atoms with Crippen LogP contribution in [0.5, 0.6) is 5.75 Å². The van der Waals surface area contributed by atoms with E-state index in [-0.39, 0.29) is 50.2 Å². The predicted molar refractivity (Wildman–Crippen MR) is 191 cm³/mol. The van der Waals surface area contributed by atoms with Crippen LogP contribution >= 0.6 is 0 Å². The molecule has 0 aromatic heterocycles. The summed E-state index contributed by atoms with van der Waals surface area (Å²) in [5, 5.41) is 33.0. The first-order valence-corrected chi connectivity index (χ1v) is 17.9. The smallest absolute Gasteiger partial charge is 0.326 e. The van der Waals surface area contributed by atoms with Gasteiger partial charge in [0.2, 0.25) is 29.5 Å². The number of carbonyl (C=O) groups is 6. The lowest BCUT2D eigenvalue weighted by molar-refractivity contribution is -0.142. The SMILES string of the molecule is CC(C)C[C@H](NC(=O)[C@H](Cc1ccc(O)cc1)NC(=O)[C@@H]1CCCC[C@H](N)C(=O)N[C@@H](CCCCN)C(=O)N[C@@H](CCCCN)C(=O)N1)C(=O)O. The molecule has 1 aliphatic heterocycles. The van der Waals surface area contributed by atoms with E-state index in [0.29, 0.717) is 57.2 Å². The number of phenols is 1. The maximum atomic E-state index is 13.9. The summed E-state index contributed by atoms with van der Waals surface area (Å²) in [6, 6.07) is -0.523. The van der Waals surface area contributed by atoms with Crippen LogP contribution < -0.4 is 43.8 Å². The van der Waals surface area contributed by atoms with Crippen LogP contribution in [0.4, 0.5) is 0 Å². The molecule has 2 rings (SSSR count). The number of carbonyl (C=O) groups excluding carboxylic acids is 5. The van der Waals surface area contributed by atoms with Crippen molar-refractivity contribution in [1.82, 2.24) is 26.6 Å². The Morgan fingerprint density at radius 2 is 1.35 bits per heavy atom. The first-order chi connectivity index (χ1) is 24.2. The molecule has 1 aromatic carbocycles. The number of rotatable bonds is 17. The molecule has 51 heavy (non-hydrogen) atoms. The number of amides is 5. The van der Waals surface area contributed by atoms with Crippen LogP contribution in [0.1, 0.15) is 90.0 Å². The summed E-state index contributed by atoms with van der Waals surface area (Å²) >= 11 is 0. The maximum absolute atomic E-state index is 13.9. The van der Waals surface area contributed by atoms with E-state index in [4.69, 9.17) is 17.2 Å². The minimum atomic E-state index is -1.24. The number of unbranched alkanes of at least 4 members (excludes halogenated alkanes) is 2. The van der Waals surface area contributed by atoms with E-state index >= 15 is 0 Å². The third kappa shape index (κ3) is 15.7. The van der Waals surface area contributed by atoms with E-state index in [0.717, 1.165) is 0 Å². The van der Waals surface area contributed by atoms with Crippen LogP contribution in [0, 0.1) is 5.92 Å². The lowest BCUT2D eigenvalue weighted by atomic mass is 9.99. The zero-order chi connectivity index (χ0) is 37.9. The molecule has 16 nitrogen and oxygen atoms in total. The summed E-state index contributed by atoms with van der Waals surface area (Å²) in [5.74, 6) is -4.39. The number of nitrogens with two attached hydrogens (primary N) is 3. The van der Waals surface area contributed by atoms with Crippen molar-refractivity contribution in [2.24, 2.45) is 23.1 Å². The van der Waals surface area contributed by atoms with Gasteiger partial charge in [-0.2, -0.15) is 0 Å². The summed E-state index contributed by atoms with van der Waals surface area (Å²) in [6.45, 7) is 4.42. The van der Waals surface area contributed by atoms with Gasteiger partial charge in [-0.15, -0.1) is 0 Å². The predicted octanol–water partition coefficient (Wildman–Crippen LogP) is -0.351. The molecule has 0 aliphatic carbocycles. The molecule has 1 heterocycles. The molecule has 0 spiro atoms. The molecule has 6 atom stereocenters. The highest BCUT2D eigenvalue weighted by Crippen LogP contribution is 2.15. The fraction of sp³-hybridized carbons (Fsp3) is 0.657. The number of hydrogen-bond donors (Lipinski definition) is 10. The van der Waals surface area contributed by atoms with Crippen LogP contribution in [0.25, 0.3) is 0 Å². The number of carboxylic acid groups (broad SMARTS) is 1. The molecule has 1 saturated heterocycles. The van der Waals surface area contributed by atoms with Gasteiger partial charge < -0.3 is 54.0 Å². The molecule has 5 amide bonds. The number of aliphatic carboxylic acids is 1. The minimum absolute atomic E-state index is 0.00119. The van der Waals surface area contributed by atoms with E-state index in [9.17, 15) is 39.0 Å². The van der Waals surface area contributed by atoms with Gasteiger partial charge in [0.15, 0.2) is 0 Å². The molecule has 13 N–H and O–H groups in total. The number of benzene rings is 1. The van der Waals surface area contributed by atoms with E-state index in [1.165, 1.54) is 12.1 Å². The monoisotopic (exact) mass is 718 g/mol. The Balaban J connectivity index is 2.40. The van der Waals surface area contributed by atoms with Crippen molar-refractivity contribution in [3.8, 4) is 5.75 Å². The van der Waals surface area contributed by atoms with Gasteiger partial charge in [0.1, 0.15) is 36.0 Å². The highest BCUT2D eigenvalue weighted by Gasteiger charge is 2.33. The van der Waals surface area contributed by atoms with E-state index in [1.54, 1.807) is 12.1 Å². The second kappa shape index (κ2) is 22.5. The summed E-state index contributed by atoms with van der Waals surface area (Å²) in [6.07, 6.45) is 4.06. The van der Waals surface area contributed by atoms with E-state index < -0.39 is 71.8 Å². The molecule has 286 valence electrons. The Kier molecular flexibility index (Phi) is 18.9. The van der Waals surface area contributed by atoms with Crippen LogP contribution in [-0.4, -0.2) is 95.1 Å². The van der Waals surface area contributed by atoms with Gasteiger partial charge in [-0.05, 0) is 94.5 Å². The van der Waals surface area contributed by atoms with Crippen molar-refractivity contribution >= 4 is 35.5 Å². The summed E-state index contributed by atoms with van der Waals surface area (Å²) < 4.78 is 0. The van der Waals surface area contributed by atoms with Crippen LogP contribution in [0.15, 0.2) is 24.3 Å². The number of phenolic OH excluding ortho intramolecular Hbond substituents is 1. The molecule has 0 radical (unpaired) electrons. The molecule has 0 bridgehead atoms. The number of hydrogen-bond acceptors (Lipinski definition) is 10. The van der Waals surface area contributed by atoms with Gasteiger partial charge in [-0.3, -0.25) is 24.0 Å². The summed E-state index contributed by atoms with van der Waals surface area (Å²) in [7, 11) is 0. The molecule has 1 aliphatic rings. The van der Waals surface area contributed by atoms with Crippen molar-refractivity contribution in [1.29, 1.82) is 0 Å². The maximum Gasteiger partial charge on any atom is 0.326 e. The highest BCUT2D eigenvalue weighted by molar-refractivity contribution is 5.96. The molecular formula is C35H58N8O8. The van der Waals surface area contributed by atoms with Crippen LogP contribution in [0.2, 0.25) is 0 Å². The standard InChI is InChI=1S/C35H58N8O8/c1-21(2)19-29(35(50)51)43-34(49)28(20-22-13-15-23(44)16-14-22)42-33(48)26-10-4-3-9-24(38)30(45)39-25(11-5-7-17-36)31(46)41-27(32(47)40-26)12-6-8-18-37/h13-16,21,24-29,44H,3-12,17-20,36-38H2,1-2H3,(H,39,45)(H,40,47)(H,41,46)(H,42,48)(H,43,49)(H,50,51)/t24-,25-,26-,27-,28-,29-/m0/s1. The van der Waals surface area contributed by atoms with Crippen molar-refractivity contribution in [2.45, 2.75) is 127 Å². The second-order valence-electron chi connectivity index (χ2n) is 13.6. The minimum Gasteiger partial charge on any atom is -0.508 e. The van der Waals surface area contributed by atoms with Crippen LogP contribution in [0.3, 0.4) is 0 Å². The Labute approximate surface area is 299 Å². The third-order valence-corrected chi connectivity index (χ3v) is 8.72. The van der Waals surface area contributed by atoms with Gasteiger partial charge in [0.05, 0.1) is 6.04 Å². The van der Waals surface area contributed by atoms with Gasteiger partial charge in [-0.25, -0.2) is 4.79 Å². The first-order valence-electron chi connectivity index (χ1n) is 17.9. The molecule has 16 heteroatoms. The number of nitrogens with one attached hydrogen (secondary N) is 5. The zero-order valence-corrected chi connectivity index (χ0v) is 29.8. The fourth-order valence-corrected chi connectivity index (χ4v) is 5.77. The van der Waals surface area contributed by atoms with E-state index in [2.05, 4.69) is 26.6 Å². The molecule has 1 fully saturated rings. The van der Waals surface area contributed by atoms with Crippen molar-refractivity contribution in [3.63, 3.8) is 0 Å². The third-order valence-electron chi connectivity index (χ3n) is 8.72. The lowest BCUT2D eigenvalue weighted by Crippen LogP contribution is -2.59. The van der Waals surface area contributed by atoms with Crippen molar-refractivity contribution in [3.05, 3.63) is 29.8 Å². The van der Waals surface area contributed by atoms with Crippen molar-refractivity contribution in [2.75, 3.05) is 13.1 Å². The zero-order valence-electron chi connectivity index (χ0n) is 29.8. The van der Waals surface area contributed by atoms with Gasteiger partial charge in [0.25, 0.3) is 0 Å². The average molecular weight is 719 g/mol. The normalized spacial score (nSPS) is 21.7. The lowest BCUT2D eigenvalue weighted by Gasteiger charge is -2.28. The second-order valence-corrected chi connectivity index (χ2v) is 13.6. The first kappa shape index (κ1) is 42.9. The topological polar surface area (TPSA) is 281 Å². The van der Waals surface area contributed by atoms with Gasteiger partial charge in [-0.1, -0.05) is 38.8 Å². The summed E-state index contributed by atoms with van der Waals surface area (Å²) in [5.41, 5.74) is 18.0. The highest BCUT2D eigenvalue weighted by atomic mass is 16.4. The molecule has 0 unspecified atom stereocenters. The average Bonchev–Trinajstić information content (AvgIpc) is 3.08. The van der Waals surface area contributed by atoms with Gasteiger partial charge >= 0.3 is 5.97 Å². The quantitative estimate of drug-likeness (QED) is 0.0929. The van der Waals surface area contributed by atoms with Crippen LogP contribution in [-0.2, 0) is 35.2 Å². The number of aromatic hydroxyl groups is 1. The Bertz CT molecular complexity index is 1290. The fourth-order valence-electron chi connectivity index (χ4n) is 5.77. The molecule has 1 aromatic rings. The largest absolute Gasteiger partial charge is 0.508 e. The molecule has 0 saturated carbocycles. The van der Waals surface area contributed by atoms with Crippen molar-refractivity contribution < 1.29 is 39.0 Å². The Hall–Kier alpha value is -4.28. The Morgan fingerprint density at radius 3 is 1.90 bits per heavy atom. The summed E-state index contributed by atoms with van der Waals surface area (Å²) in [4.78, 5) is 79.6. The molecular weight excluding hydrogens is 660 g/mol. The number of carboxylic acids is 1.